The number of carbonyl (C=O) groups is 1. The van der Waals surface area contributed by atoms with Gasteiger partial charge in [0.1, 0.15) is 0 Å². The molecule has 1 aliphatic carbocycles. The number of piperidine rings is 1. The quantitative estimate of drug-likeness (QED) is 0.146. The highest BCUT2D eigenvalue weighted by Crippen LogP contribution is 2.20. The number of nitrogens with zero attached hydrogens (tertiary/aromatic N) is 2. The largest absolute Gasteiger partial charge is 0.469 e. The van der Waals surface area contributed by atoms with Gasteiger partial charge in [0, 0.05) is 33.3 Å². The molecule has 0 atom stereocenters. The summed E-state index contributed by atoms with van der Waals surface area (Å²) in [4.78, 5) is 18.2. The standard InChI is InChI=1S/C20H37N3O3.HI/c1-21-20(23-14-11-17(12-15-23)19(24)25-2)22-13-7-8-16-26-18-9-5-3-4-6-10-18;/h17-18H,3-16H2,1-2H3,(H,21,22);1H. The van der Waals surface area contributed by atoms with Crippen molar-refractivity contribution < 1.29 is 14.3 Å². The number of nitrogens with one attached hydrogen (secondary N) is 1. The average molecular weight is 495 g/mol. The summed E-state index contributed by atoms with van der Waals surface area (Å²) in [5.74, 6) is 0.898. The van der Waals surface area contributed by atoms with Gasteiger partial charge in [-0.15, -0.1) is 24.0 Å². The van der Waals surface area contributed by atoms with Crippen LogP contribution in [0.2, 0.25) is 0 Å². The summed E-state index contributed by atoms with van der Waals surface area (Å²) in [5, 5.41) is 3.45. The Morgan fingerprint density at radius 1 is 1.07 bits per heavy atom. The van der Waals surface area contributed by atoms with Crippen LogP contribution in [-0.4, -0.2) is 63.3 Å². The lowest BCUT2D eigenvalue weighted by molar-refractivity contribution is -0.146. The SMILES string of the molecule is CN=C(NCCCCOC1CCCCCC1)N1CCC(C(=O)OC)CC1.I. The Morgan fingerprint density at radius 2 is 1.74 bits per heavy atom. The molecule has 0 amide bonds. The number of esters is 1. The molecule has 2 aliphatic rings. The fraction of sp³-hybridized carbons (Fsp3) is 0.900. The van der Waals surface area contributed by atoms with E-state index in [2.05, 4.69) is 15.2 Å². The summed E-state index contributed by atoms with van der Waals surface area (Å²) in [6.07, 6.45) is 12.2. The number of halogens is 1. The molecule has 1 aliphatic heterocycles. The average Bonchev–Trinajstić information content (AvgIpc) is 2.96. The van der Waals surface area contributed by atoms with Crippen molar-refractivity contribution in [3.8, 4) is 0 Å². The van der Waals surface area contributed by atoms with Crippen LogP contribution in [0.4, 0.5) is 0 Å². The first-order chi connectivity index (χ1) is 12.7. The van der Waals surface area contributed by atoms with Crippen molar-refractivity contribution in [3.05, 3.63) is 0 Å². The van der Waals surface area contributed by atoms with Crippen LogP contribution in [0.25, 0.3) is 0 Å². The van der Waals surface area contributed by atoms with Crippen LogP contribution < -0.4 is 5.32 Å². The van der Waals surface area contributed by atoms with Crippen LogP contribution in [0.15, 0.2) is 4.99 Å². The van der Waals surface area contributed by atoms with E-state index in [0.717, 1.165) is 57.9 Å². The Labute approximate surface area is 181 Å². The molecule has 158 valence electrons. The molecular formula is C20H38IN3O3. The molecule has 0 aromatic carbocycles. The van der Waals surface area contributed by atoms with E-state index in [1.165, 1.54) is 45.6 Å². The summed E-state index contributed by atoms with van der Waals surface area (Å²) in [5.41, 5.74) is 0. The summed E-state index contributed by atoms with van der Waals surface area (Å²) in [6.45, 7) is 3.49. The molecule has 0 aromatic heterocycles. The van der Waals surface area contributed by atoms with E-state index in [1.807, 2.05) is 7.05 Å². The van der Waals surface area contributed by atoms with Crippen molar-refractivity contribution in [2.45, 2.75) is 70.3 Å². The van der Waals surface area contributed by atoms with Crippen molar-refractivity contribution in [2.75, 3.05) is 40.4 Å². The van der Waals surface area contributed by atoms with Gasteiger partial charge in [0.25, 0.3) is 0 Å². The Hall–Kier alpha value is -0.570. The third-order valence-electron chi connectivity index (χ3n) is 5.55. The van der Waals surface area contributed by atoms with Crippen LogP contribution in [-0.2, 0) is 14.3 Å². The lowest BCUT2D eigenvalue weighted by Crippen LogP contribution is -2.46. The zero-order chi connectivity index (χ0) is 18.6. The van der Waals surface area contributed by atoms with Gasteiger partial charge in [-0.25, -0.2) is 0 Å². The molecular weight excluding hydrogens is 457 g/mol. The van der Waals surface area contributed by atoms with Gasteiger partial charge in [-0.3, -0.25) is 9.79 Å². The van der Waals surface area contributed by atoms with Crippen LogP contribution in [0.3, 0.4) is 0 Å². The second-order valence-corrected chi connectivity index (χ2v) is 7.45. The van der Waals surface area contributed by atoms with Gasteiger partial charge in [-0.1, -0.05) is 25.7 Å². The molecule has 0 unspecified atom stereocenters. The maximum Gasteiger partial charge on any atom is 0.308 e. The fourth-order valence-electron chi connectivity index (χ4n) is 3.91. The second kappa shape index (κ2) is 14.4. The number of methoxy groups -OCH3 is 1. The van der Waals surface area contributed by atoms with Crippen LogP contribution in [0.1, 0.15) is 64.2 Å². The molecule has 1 N–H and O–H groups in total. The molecule has 0 spiro atoms. The summed E-state index contributed by atoms with van der Waals surface area (Å²) >= 11 is 0. The van der Waals surface area contributed by atoms with E-state index >= 15 is 0 Å². The number of aliphatic imine (C=N–C) groups is 1. The van der Waals surface area contributed by atoms with E-state index in [9.17, 15) is 4.79 Å². The molecule has 6 nitrogen and oxygen atoms in total. The summed E-state index contributed by atoms with van der Waals surface area (Å²) in [7, 11) is 3.29. The summed E-state index contributed by atoms with van der Waals surface area (Å²) in [6, 6.07) is 0. The predicted octanol–water partition coefficient (Wildman–Crippen LogP) is 3.58. The van der Waals surface area contributed by atoms with Crippen molar-refractivity contribution in [1.82, 2.24) is 10.2 Å². The Morgan fingerprint density at radius 3 is 2.33 bits per heavy atom. The molecule has 0 bridgehead atoms. The predicted molar refractivity (Wildman–Crippen MR) is 120 cm³/mol. The summed E-state index contributed by atoms with van der Waals surface area (Å²) < 4.78 is 10.9. The third-order valence-corrected chi connectivity index (χ3v) is 5.55. The fourth-order valence-corrected chi connectivity index (χ4v) is 3.91. The minimum atomic E-state index is -0.0822. The second-order valence-electron chi connectivity index (χ2n) is 7.45. The number of hydrogen-bond acceptors (Lipinski definition) is 4. The number of unbranched alkanes of at least 4 members (excludes halogenated alkanes) is 1. The number of rotatable bonds is 7. The first-order valence-electron chi connectivity index (χ1n) is 10.4. The highest BCUT2D eigenvalue weighted by atomic mass is 127. The maximum absolute atomic E-state index is 11.6. The minimum Gasteiger partial charge on any atom is -0.469 e. The van der Waals surface area contributed by atoms with Crippen LogP contribution >= 0.6 is 24.0 Å². The zero-order valence-electron chi connectivity index (χ0n) is 17.1. The number of hydrogen-bond donors (Lipinski definition) is 1. The number of likely N-dealkylation sites (tertiary alicyclic amines) is 1. The van der Waals surface area contributed by atoms with Gasteiger partial charge in [-0.2, -0.15) is 0 Å². The Bertz CT molecular complexity index is 432. The molecule has 27 heavy (non-hydrogen) atoms. The topological polar surface area (TPSA) is 63.2 Å². The zero-order valence-corrected chi connectivity index (χ0v) is 19.4. The molecule has 0 radical (unpaired) electrons. The highest BCUT2D eigenvalue weighted by Gasteiger charge is 2.26. The minimum absolute atomic E-state index is 0. The van der Waals surface area contributed by atoms with Gasteiger partial charge in [-0.05, 0) is 38.5 Å². The van der Waals surface area contributed by atoms with Crippen molar-refractivity contribution in [1.29, 1.82) is 0 Å². The number of carbonyl (C=O) groups excluding carboxylic acids is 1. The Balaban J connectivity index is 0.00000364. The third kappa shape index (κ3) is 8.98. The molecule has 1 saturated carbocycles. The first-order valence-corrected chi connectivity index (χ1v) is 10.4. The van der Waals surface area contributed by atoms with Crippen molar-refractivity contribution >= 4 is 35.9 Å². The molecule has 2 rings (SSSR count). The Kier molecular flexibility index (Phi) is 13.1. The van der Waals surface area contributed by atoms with E-state index in [0.29, 0.717) is 6.10 Å². The first kappa shape index (κ1) is 24.5. The number of ether oxygens (including phenoxy) is 2. The lowest BCUT2D eigenvalue weighted by Gasteiger charge is -2.33. The van der Waals surface area contributed by atoms with E-state index in [-0.39, 0.29) is 35.9 Å². The lowest BCUT2D eigenvalue weighted by atomic mass is 9.97. The van der Waals surface area contributed by atoms with Crippen LogP contribution in [0, 0.1) is 5.92 Å². The van der Waals surface area contributed by atoms with E-state index in [4.69, 9.17) is 9.47 Å². The van der Waals surface area contributed by atoms with E-state index < -0.39 is 0 Å². The van der Waals surface area contributed by atoms with Gasteiger partial charge in [0.05, 0.1) is 19.1 Å². The maximum atomic E-state index is 11.6. The smallest absolute Gasteiger partial charge is 0.308 e. The molecule has 1 saturated heterocycles. The highest BCUT2D eigenvalue weighted by molar-refractivity contribution is 14.0. The monoisotopic (exact) mass is 495 g/mol. The molecule has 1 heterocycles. The molecule has 7 heteroatoms. The van der Waals surface area contributed by atoms with Gasteiger partial charge in [0.2, 0.25) is 0 Å². The van der Waals surface area contributed by atoms with Crippen LogP contribution in [0.5, 0.6) is 0 Å². The van der Waals surface area contributed by atoms with Crippen molar-refractivity contribution in [3.63, 3.8) is 0 Å². The molecule has 2 fully saturated rings. The molecule has 0 aromatic rings. The van der Waals surface area contributed by atoms with Gasteiger partial charge < -0.3 is 19.7 Å². The van der Waals surface area contributed by atoms with E-state index in [1.54, 1.807) is 0 Å². The number of guanidine groups is 1. The van der Waals surface area contributed by atoms with Crippen molar-refractivity contribution in [2.24, 2.45) is 10.9 Å². The van der Waals surface area contributed by atoms with Gasteiger partial charge >= 0.3 is 5.97 Å². The van der Waals surface area contributed by atoms with Gasteiger partial charge in [0.15, 0.2) is 5.96 Å². The normalized spacial score (nSPS) is 19.9.